The highest BCUT2D eigenvalue weighted by Gasteiger charge is 2.12. The average molecular weight is 237 g/mol. The van der Waals surface area contributed by atoms with Gasteiger partial charge >= 0.3 is 0 Å². The van der Waals surface area contributed by atoms with E-state index in [1.165, 1.54) is 4.68 Å². The Morgan fingerprint density at radius 3 is 2.44 bits per heavy atom. The number of nitrogen functional groups attached to an aromatic ring is 2. The van der Waals surface area contributed by atoms with E-state index >= 15 is 0 Å². The van der Waals surface area contributed by atoms with Crippen molar-refractivity contribution in [1.82, 2.24) is 9.66 Å². The molecule has 0 radical (unpaired) electrons. The minimum absolute atomic E-state index is 0.471. The summed E-state index contributed by atoms with van der Waals surface area (Å²) in [6.45, 7) is 1.98. The highest BCUT2D eigenvalue weighted by Crippen LogP contribution is 2.26. The Morgan fingerprint density at radius 1 is 1.31 bits per heavy atom. The molecule has 1 aromatic heterocycles. The van der Waals surface area contributed by atoms with Gasteiger partial charge in [-0.1, -0.05) is 30.7 Å². The lowest BCUT2D eigenvalue weighted by molar-refractivity contribution is 0.865. The van der Waals surface area contributed by atoms with Crippen molar-refractivity contribution in [1.29, 1.82) is 0 Å². The van der Waals surface area contributed by atoms with E-state index in [1.807, 2.05) is 19.1 Å². The highest BCUT2D eigenvalue weighted by atomic mass is 35.5. The molecule has 0 aliphatic carbocycles. The topological polar surface area (TPSA) is 69.9 Å². The van der Waals surface area contributed by atoms with Crippen molar-refractivity contribution in [2.24, 2.45) is 0 Å². The van der Waals surface area contributed by atoms with Gasteiger partial charge in [0.2, 0.25) is 0 Å². The van der Waals surface area contributed by atoms with Gasteiger partial charge in [0, 0.05) is 17.0 Å². The van der Waals surface area contributed by atoms with Crippen LogP contribution in [0.25, 0.3) is 11.3 Å². The van der Waals surface area contributed by atoms with Crippen LogP contribution in [0.1, 0.15) is 12.7 Å². The number of nitrogens with zero attached hydrogens (tertiary/aromatic N) is 2. The van der Waals surface area contributed by atoms with Gasteiger partial charge in [-0.15, -0.1) is 0 Å². The van der Waals surface area contributed by atoms with Gasteiger partial charge in [0.05, 0.1) is 0 Å². The molecular weight excluding hydrogens is 224 g/mol. The predicted octanol–water partition coefficient (Wildman–Crippen LogP) is 2.06. The molecule has 0 saturated carbocycles. The molecule has 16 heavy (non-hydrogen) atoms. The molecule has 0 aliphatic rings. The summed E-state index contributed by atoms with van der Waals surface area (Å²) in [5.74, 6) is 7.02. The van der Waals surface area contributed by atoms with E-state index in [-0.39, 0.29) is 0 Å². The molecule has 2 rings (SSSR count). The Hall–Kier alpha value is -1.68. The fraction of sp³-hybridized carbons (Fsp3) is 0.182. The van der Waals surface area contributed by atoms with Crippen LogP contribution in [0.4, 0.5) is 5.82 Å². The van der Waals surface area contributed by atoms with Crippen molar-refractivity contribution in [2.45, 2.75) is 13.3 Å². The summed E-state index contributed by atoms with van der Waals surface area (Å²) in [6, 6.07) is 7.36. The van der Waals surface area contributed by atoms with Crippen LogP contribution in [0.3, 0.4) is 0 Å². The van der Waals surface area contributed by atoms with Gasteiger partial charge in [-0.2, -0.15) is 0 Å². The van der Waals surface area contributed by atoms with Crippen LogP contribution in [-0.4, -0.2) is 9.66 Å². The highest BCUT2D eigenvalue weighted by molar-refractivity contribution is 6.30. The third-order valence-electron chi connectivity index (χ3n) is 2.45. The van der Waals surface area contributed by atoms with Gasteiger partial charge in [-0.05, 0) is 12.1 Å². The Kier molecular flexibility index (Phi) is 2.75. The van der Waals surface area contributed by atoms with E-state index in [4.69, 9.17) is 23.2 Å². The van der Waals surface area contributed by atoms with Crippen molar-refractivity contribution in [3.8, 4) is 11.3 Å². The first-order chi connectivity index (χ1) is 7.63. The van der Waals surface area contributed by atoms with Crippen molar-refractivity contribution >= 4 is 17.4 Å². The predicted molar refractivity (Wildman–Crippen MR) is 66.6 cm³/mol. The number of imidazole rings is 1. The second-order valence-corrected chi connectivity index (χ2v) is 3.93. The lowest BCUT2D eigenvalue weighted by Crippen LogP contribution is -2.14. The summed E-state index contributed by atoms with van der Waals surface area (Å²) in [4.78, 5) is 4.40. The lowest BCUT2D eigenvalue weighted by Gasteiger charge is -2.00. The molecule has 1 heterocycles. The number of anilines is 1. The number of aryl methyl sites for hydroxylation is 1. The summed E-state index contributed by atoms with van der Waals surface area (Å²) < 4.78 is 1.42. The molecule has 0 saturated heterocycles. The van der Waals surface area contributed by atoms with E-state index in [9.17, 15) is 0 Å². The van der Waals surface area contributed by atoms with Crippen LogP contribution >= 0.6 is 11.6 Å². The molecule has 0 fully saturated rings. The molecule has 84 valence electrons. The molecule has 0 spiro atoms. The van der Waals surface area contributed by atoms with Gasteiger partial charge in [0.25, 0.3) is 0 Å². The number of hydrogen-bond acceptors (Lipinski definition) is 3. The van der Waals surface area contributed by atoms with Crippen molar-refractivity contribution in [2.75, 3.05) is 11.6 Å². The molecule has 4 N–H and O–H groups in total. The number of benzene rings is 1. The maximum atomic E-state index is 5.89. The van der Waals surface area contributed by atoms with Gasteiger partial charge in [0.15, 0.2) is 5.82 Å². The zero-order valence-electron chi connectivity index (χ0n) is 8.94. The number of hydrogen-bond donors (Lipinski definition) is 2. The number of halogens is 1. The van der Waals surface area contributed by atoms with Gasteiger partial charge in [-0.3, -0.25) is 0 Å². The van der Waals surface area contributed by atoms with Gasteiger partial charge < -0.3 is 11.6 Å². The van der Waals surface area contributed by atoms with E-state index in [1.54, 1.807) is 12.1 Å². The van der Waals surface area contributed by atoms with Crippen LogP contribution in [0.15, 0.2) is 24.3 Å². The molecule has 2 aromatic rings. The average Bonchev–Trinajstić information content (AvgIpc) is 2.57. The third-order valence-corrected chi connectivity index (χ3v) is 2.71. The zero-order chi connectivity index (χ0) is 11.7. The molecule has 0 unspecified atom stereocenters. The van der Waals surface area contributed by atoms with Crippen molar-refractivity contribution in [3.63, 3.8) is 0 Å². The monoisotopic (exact) mass is 236 g/mol. The Bertz CT molecular complexity index is 501. The largest absolute Gasteiger partial charge is 0.382 e. The first kappa shape index (κ1) is 10.8. The molecule has 0 amide bonds. The summed E-state index contributed by atoms with van der Waals surface area (Å²) in [7, 11) is 0. The third kappa shape index (κ3) is 1.72. The second kappa shape index (κ2) is 4.06. The van der Waals surface area contributed by atoms with Crippen LogP contribution in [0, 0.1) is 0 Å². The molecule has 0 aliphatic heterocycles. The van der Waals surface area contributed by atoms with Crippen LogP contribution < -0.4 is 11.6 Å². The molecular formula is C11H13ClN4. The fourth-order valence-corrected chi connectivity index (χ4v) is 1.69. The van der Waals surface area contributed by atoms with Crippen molar-refractivity contribution < 1.29 is 0 Å². The summed E-state index contributed by atoms with van der Waals surface area (Å²) >= 11 is 5.82. The Labute approximate surface area is 98.8 Å². The summed E-state index contributed by atoms with van der Waals surface area (Å²) in [6.07, 6.45) is 0.744. The van der Waals surface area contributed by atoms with Gasteiger partial charge in [-0.25, -0.2) is 9.66 Å². The van der Waals surface area contributed by atoms with E-state index < -0.39 is 0 Å². The first-order valence-corrected chi connectivity index (χ1v) is 5.39. The van der Waals surface area contributed by atoms with E-state index in [0.717, 1.165) is 17.8 Å². The standard InChI is InChI=1S/C11H13ClN4/c1-2-9-15-10(11(13)16(9)14)7-3-5-8(12)6-4-7/h3-6H,2,13-14H2,1H3. The van der Waals surface area contributed by atoms with Crippen molar-refractivity contribution in [3.05, 3.63) is 35.1 Å². The Balaban J connectivity index is 2.52. The van der Waals surface area contributed by atoms with E-state index in [0.29, 0.717) is 16.5 Å². The minimum Gasteiger partial charge on any atom is -0.382 e. The normalized spacial score (nSPS) is 10.6. The van der Waals surface area contributed by atoms with E-state index in [2.05, 4.69) is 4.98 Å². The van der Waals surface area contributed by atoms with Crippen LogP contribution in [-0.2, 0) is 6.42 Å². The molecule has 1 aromatic carbocycles. The summed E-state index contributed by atoms with van der Waals surface area (Å²) in [5.41, 5.74) is 7.51. The molecule has 5 heteroatoms. The maximum Gasteiger partial charge on any atom is 0.150 e. The smallest absolute Gasteiger partial charge is 0.150 e. The number of aromatic nitrogens is 2. The second-order valence-electron chi connectivity index (χ2n) is 3.49. The number of nitrogens with two attached hydrogens (primary N) is 2. The molecule has 0 atom stereocenters. The fourth-order valence-electron chi connectivity index (χ4n) is 1.56. The zero-order valence-corrected chi connectivity index (χ0v) is 9.70. The lowest BCUT2D eigenvalue weighted by atomic mass is 10.1. The summed E-state index contributed by atoms with van der Waals surface area (Å²) in [5, 5.41) is 0.685. The molecule has 0 bridgehead atoms. The Morgan fingerprint density at radius 2 is 1.94 bits per heavy atom. The quantitative estimate of drug-likeness (QED) is 0.785. The van der Waals surface area contributed by atoms with Gasteiger partial charge in [0.1, 0.15) is 11.5 Å². The SMILES string of the molecule is CCc1nc(-c2ccc(Cl)cc2)c(N)n1N. The maximum absolute atomic E-state index is 5.89. The molecule has 4 nitrogen and oxygen atoms in total. The van der Waals surface area contributed by atoms with Crippen LogP contribution in [0.5, 0.6) is 0 Å². The number of rotatable bonds is 2. The van der Waals surface area contributed by atoms with Crippen LogP contribution in [0.2, 0.25) is 5.02 Å². The minimum atomic E-state index is 0.471. The first-order valence-electron chi connectivity index (χ1n) is 5.01.